The molecule has 0 saturated heterocycles. The number of nitrogens with one attached hydrogen (secondary N) is 1. The molecule has 1 amide bonds. The summed E-state index contributed by atoms with van der Waals surface area (Å²) in [4.78, 5) is 12.2. The maximum Gasteiger partial charge on any atom is 0.237 e. The molecule has 0 aliphatic carbocycles. The molecule has 0 unspecified atom stereocenters. The monoisotopic (exact) mass is 304 g/mol. The van der Waals surface area contributed by atoms with Crippen LogP contribution in [-0.2, 0) is 17.8 Å². The van der Waals surface area contributed by atoms with Gasteiger partial charge in [0.05, 0.1) is 6.04 Å². The van der Waals surface area contributed by atoms with Crippen molar-refractivity contribution in [3.05, 3.63) is 83.9 Å². The van der Waals surface area contributed by atoms with Crippen molar-refractivity contribution < 1.29 is 4.79 Å². The van der Waals surface area contributed by atoms with Gasteiger partial charge in [-0.25, -0.2) is 0 Å². The van der Waals surface area contributed by atoms with Gasteiger partial charge in [0.2, 0.25) is 5.91 Å². The Balaban J connectivity index is 1.66. The highest BCUT2D eigenvalue weighted by Crippen LogP contribution is 2.19. The molecule has 0 saturated carbocycles. The molecule has 116 valence electrons. The van der Waals surface area contributed by atoms with E-state index in [1.165, 1.54) is 5.39 Å². The van der Waals surface area contributed by atoms with E-state index in [2.05, 4.69) is 23.5 Å². The van der Waals surface area contributed by atoms with Gasteiger partial charge in [-0.3, -0.25) is 4.79 Å². The van der Waals surface area contributed by atoms with Crippen molar-refractivity contribution in [2.45, 2.75) is 19.0 Å². The fourth-order valence-corrected chi connectivity index (χ4v) is 2.72. The first-order valence-electron chi connectivity index (χ1n) is 7.78. The Morgan fingerprint density at radius 1 is 0.913 bits per heavy atom. The lowest BCUT2D eigenvalue weighted by atomic mass is 9.99. The molecule has 1 atom stereocenters. The molecule has 0 spiro atoms. The van der Waals surface area contributed by atoms with E-state index in [1.54, 1.807) is 0 Å². The summed E-state index contributed by atoms with van der Waals surface area (Å²) in [5.41, 5.74) is 8.26. The summed E-state index contributed by atoms with van der Waals surface area (Å²) in [5.74, 6) is -0.123. The summed E-state index contributed by atoms with van der Waals surface area (Å²) < 4.78 is 0. The van der Waals surface area contributed by atoms with Gasteiger partial charge >= 0.3 is 0 Å². The first kappa shape index (κ1) is 15.3. The lowest BCUT2D eigenvalue weighted by molar-refractivity contribution is -0.122. The Bertz CT molecular complexity index is 794. The molecule has 0 heterocycles. The number of rotatable bonds is 5. The Kier molecular flexibility index (Phi) is 4.69. The van der Waals surface area contributed by atoms with Crippen LogP contribution in [0.4, 0.5) is 0 Å². The molecule has 3 nitrogen and oxygen atoms in total. The largest absolute Gasteiger partial charge is 0.351 e. The van der Waals surface area contributed by atoms with Crippen LogP contribution in [0.15, 0.2) is 72.8 Å². The van der Waals surface area contributed by atoms with Crippen LogP contribution in [0.25, 0.3) is 10.8 Å². The highest BCUT2D eigenvalue weighted by Gasteiger charge is 2.15. The fraction of sp³-hybridized carbons (Fsp3) is 0.150. The van der Waals surface area contributed by atoms with Crippen LogP contribution in [0.3, 0.4) is 0 Å². The van der Waals surface area contributed by atoms with Gasteiger partial charge in [-0.2, -0.15) is 0 Å². The van der Waals surface area contributed by atoms with Crippen molar-refractivity contribution in [3.8, 4) is 0 Å². The standard InChI is InChI=1S/C20H20N2O/c21-19(20(23)22-14-15-7-2-1-3-8-15)13-17-11-6-10-16-9-4-5-12-18(16)17/h1-12,19H,13-14,21H2,(H,22,23)/t19-/m0/s1. The molecule has 23 heavy (non-hydrogen) atoms. The average Bonchev–Trinajstić information content (AvgIpc) is 2.61. The molecule has 3 rings (SSSR count). The third-order valence-corrected chi connectivity index (χ3v) is 3.97. The first-order valence-corrected chi connectivity index (χ1v) is 7.78. The van der Waals surface area contributed by atoms with Crippen LogP contribution >= 0.6 is 0 Å². The van der Waals surface area contributed by atoms with Crippen molar-refractivity contribution in [2.75, 3.05) is 0 Å². The highest BCUT2D eigenvalue weighted by molar-refractivity contribution is 5.87. The summed E-state index contributed by atoms with van der Waals surface area (Å²) >= 11 is 0. The minimum absolute atomic E-state index is 0.123. The SMILES string of the molecule is N[C@@H](Cc1cccc2ccccc12)C(=O)NCc1ccccc1. The predicted molar refractivity (Wildman–Crippen MR) is 93.9 cm³/mol. The van der Waals surface area contributed by atoms with Crippen molar-refractivity contribution >= 4 is 16.7 Å². The van der Waals surface area contributed by atoms with E-state index in [-0.39, 0.29) is 5.91 Å². The van der Waals surface area contributed by atoms with E-state index >= 15 is 0 Å². The summed E-state index contributed by atoms with van der Waals surface area (Å²) in [5, 5.41) is 5.23. The van der Waals surface area contributed by atoms with Gasteiger partial charge in [-0.15, -0.1) is 0 Å². The third-order valence-electron chi connectivity index (χ3n) is 3.97. The van der Waals surface area contributed by atoms with Gasteiger partial charge in [0.15, 0.2) is 0 Å². The average molecular weight is 304 g/mol. The van der Waals surface area contributed by atoms with Crippen molar-refractivity contribution in [3.63, 3.8) is 0 Å². The summed E-state index contributed by atoms with van der Waals surface area (Å²) in [7, 11) is 0. The second kappa shape index (κ2) is 7.07. The van der Waals surface area contributed by atoms with Crippen molar-refractivity contribution in [1.29, 1.82) is 0 Å². The molecule has 0 radical (unpaired) electrons. The van der Waals surface area contributed by atoms with E-state index < -0.39 is 6.04 Å². The molecular weight excluding hydrogens is 284 g/mol. The van der Waals surface area contributed by atoms with E-state index in [0.717, 1.165) is 16.5 Å². The van der Waals surface area contributed by atoms with Gasteiger partial charge in [0.25, 0.3) is 0 Å². The highest BCUT2D eigenvalue weighted by atomic mass is 16.2. The molecule has 0 aromatic heterocycles. The van der Waals surface area contributed by atoms with Gasteiger partial charge in [-0.05, 0) is 28.3 Å². The minimum atomic E-state index is -0.551. The number of benzene rings is 3. The number of hydrogen-bond acceptors (Lipinski definition) is 2. The van der Waals surface area contributed by atoms with E-state index in [4.69, 9.17) is 5.73 Å². The molecule has 3 heteroatoms. The molecule has 0 aliphatic heterocycles. The lowest BCUT2D eigenvalue weighted by Crippen LogP contribution is -2.41. The second-order valence-corrected chi connectivity index (χ2v) is 5.65. The quantitative estimate of drug-likeness (QED) is 0.761. The van der Waals surface area contributed by atoms with Gasteiger partial charge in [0, 0.05) is 6.54 Å². The van der Waals surface area contributed by atoms with Crippen LogP contribution in [0.1, 0.15) is 11.1 Å². The van der Waals surface area contributed by atoms with Crippen LogP contribution in [-0.4, -0.2) is 11.9 Å². The van der Waals surface area contributed by atoms with Gasteiger partial charge in [0.1, 0.15) is 0 Å². The van der Waals surface area contributed by atoms with Crippen LogP contribution < -0.4 is 11.1 Å². The number of carbonyl (C=O) groups is 1. The first-order chi connectivity index (χ1) is 11.2. The predicted octanol–water partition coefficient (Wildman–Crippen LogP) is 3.03. The van der Waals surface area contributed by atoms with Crippen LogP contribution in [0, 0.1) is 0 Å². The Morgan fingerprint density at radius 3 is 2.43 bits per heavy atom. The van der Waals surface area contributed by atoms with E-state index in [0.29, 0.717) is 13.0 Å². The minimum Gasteiger partial charge on any atom is -0.351 e. The van der Waals surface area contributed by atoms with E-state index in [9.17, 15) is 4.79 Å². The topological polar surface area (TPSA) is 55.1 Å². The van der Waals surface area contributed by atoms with Gasteiger partial charge < -0.3 is 11.1 Å². The zero-order valence-corrected chi connectivity index (χ0v) is 12.9. The molecule has 3 aromatic carbocycles. The molecule has 0 aliphatic rings. The lowest BCUT2D eigenvalue weighted by Gasteiger charge is -2.14. The maximum atomic E-state index is 12.2. The normalized spacial score (nSPS) is 12.0. The molecule has 0 bridgehead atoms. The van der Waals surface area contributed by atoms with Crippen molar-refractivity contribution in [1.82, 2.24) is 5.32 Å². The third kappa shape index (κ3) is 3.76. The summed E-state index contributed by atoms with van der Waals surface area (Å²) in [6.07, 6.45) is 0.530. The molecular formula is C20H20N2O. The zero-order valence-electron chi connectivity index (χ0n) is 12.9. The summed E-state index contributed by atoms with van der Waals surface area (Å²) in [6, 6.07) is 23.5. The number of hydrogen-bond donors (Lipinski definition) is 2. The van der Waals surface area contributed by atoms with Crippen molar-refractivity contribution in [2.24, 2.45) is 5.73 Å². The number of fused-ring (bicyclic) bond motifs is 1. The maximum absolute atomic E-state index is 12.2. The van der Waals surface area contributed by atoms with Crippen LogP contribution in [0.5, 0.6) is 0 Å². The summed E-state index contributed by atoms with van der Waals surface area (Å²) in [6.45, 7) is 0.503. The number of carbonyl (C=O) groups excluding carboxylic acids is 1. The zero-order chi connectivity index (χ0) is 16.1. The van der Waals surface area contributed by atoms with Crippen LogP contribution in [0.2, 0.25) is 0 Å². The number of amides is 1. The number of nitrogens with two attached hydrogens (primary N) is 1. The molecule has 3 aromatic rings. The Labute approximate surface area is 136 Å². The fourth-order valence-electron chi connectivity index (χ4n) is 2.72. The smallest absolute Gasteiger partial charge is 0.237 e. The van der Waals surface area contributed by atoms with E-state index in [1.807, 2.05) is 54.6 Å². The Hall–Kier alpha value is -2.65. The molecule has 3 N–H and O–H groups in total. The Morgan fingerprint density at radius 2 is 1.61 bits per heavy atom. The second-order valence-electron chi connectivity index (χ2n) is 5.65. The molecule has 0 fully saturated rings. The van der Waals surface area contributed by atoms with Gasteiger partial charge in [-0.1, -0.05) is 72.8 Å².